The van der Waals surface area contributed by atoms with E-state index in [2.05, 4.69) is 10.2 Å². The molecule has 34 heavy (non-hydrogen) atoms. The molecule has 0 aliphatic carbocycles. The van der Waals surface area contributed by atoms with E-state index < -0.39 is 46.1 Å². The third-order valence-electron chi connectivity index (χ3n) is 5.99. The molecule has 0 saturated heterocycles. The quantitative estimate of drug-likeness (QED) is 0.518. The first-order chi connectivity index (χ1) is 15.9. The summed E-state index contributed by atoms with van der Waals surface area (Å²) in [5.74, 6) is -3.21. The Morgan fingerprint density at radius 2 is 2.00 bits per heavy atom. The van der Waals surface area contributed by atoms with E-state index in [1.165, 1.54) is 25.1 Å². The summed E-state index contributed by atoms with van der Waals surface area (Å²) in [5, 5.41) is 6.09. The zero-order valence-electron chi connectivity index (χ0n) is 18.7. The lowest BCUT2D eigenvalue weighted by Gasteiger charge is -2.36. The minimum absolute atomic E-state index is 0.0817. The van der Waals surface area contributed by atoms with Crippen molar-refractivity contribution in [3.8, 4) is 5.75 Å². The maximum absolute atomic E-state index is 15.0. The Hall–Kier alpha value is -3.02. The number of ketones is 1. The van der Waals surface area contributed by atoms with Crippen LogP contribution in [0.2, 0.25) is 5.02 Å². The maximum atomic E-state index is 15.0. The molecule has 0 saturated carbocycles. The van der Waals surface area contributed by atoms with Crippen molar-refractivity contribution >= 4 is 27.4 Å². The van der Waals surface area contributed by atoms with Gasteiger partial charge >= 0.3 is 5.76 Å². The largest absolute Gasteiger partial charge is 0.476 e. The topological polar surface area (TPSA) is 123 Å². The fraction of sp³-hybridized carbons (Fsp3) is 0.318. The summed E-state index contributed by atoms with van der Waals surface area (Å²) in [4.78, 5) is 23.6. The lowest BCUT2D eigenvalue weighted by atomic mass is 9.87. The van der Waals surface area contributed by atoms with Gasteiger partial charge in [-0.1, -0.05) is 24.6 Å². The lowest BCUT2D eigenvalue weighted by Crippen LogP contribution is -2.43. The van der Waals surface area contributed by atoms with Gasteiger partial charge in [0, 0.05) is 22.6 Å². The number of benzene rings is 2. The molecule has 0 amide bonds. The van der Waals surface area contributed by atoms with E-state index in [1.807, 2.05) is 0 Å². The third-order valence-corrected chi connectivity index (χ3v) is 8.10. The van der Waals surface area contributed by atoms with Crippen LogP contribution < -0.4 is 10.5 Å². The lowest BCUT2D eigenvalue weighted by molar-refractivity contribution is 0.0999. The number of H-pyrrole nitrogens is 1. The number of nitrogens with zero attached hydrogens (tertiary/aromatic N) is 2. The van der Waals surface area contributed by atoms with Gasteiger partial charge < -0.3 is 9.15 Å². The van der Waals surface area contributed by atoms with Crippen LogP contribution in [0.4, 0.5) is 4.39 Å². The van der Waals surface area contributed by atoms with Gasteiger partial charge in [-0.3, -0.25) is 4.79 Å². The number of aromatic amines is 1. The molecule has 0 radical (unpaired) electrons. The number of carbonyl (C=O) groups is 1. The number of fused-ring (bicyclic) bond motifs is 1. The molecular formula is C22H21ClFN3O6S. The average Bonchev–Trinajstić information content (AvgIpc) is 3.17. The highest BCUT2D eigenvalue weighted by atomic mass is 35.5. The fourth-order valence-electron chi connectivity index (χ4n) is 4.23. The van der Waals surface area contributed by atoms with Crippen molar-refractivity contribution in [2.24, 2.45) is 0 Å². The fourth-order valence-corrected chi connectivity index (χ4v) is 6.29. The van der Waals surface area contributed by atoms with Crippen LogP contribution in [0.3, 0.4) is 0 Å². The van der Waals surface area contributed by atoms with E-state index in [1.54, 1.807) is 26.8 Å². The Bertz CT molecular complexity index is 1470. The first kappa shape index (κ1) is 24.1. The first-order valence-corrected chi connectivity index (χ1v) is 12.1. The normalized spacial score (nSPS) is 17.0. The van der Waals surface area contributed by atoms with Gasteiger partial charge in [0.2, 0.25) is 5.89 Å². The summed E-state index contributed by atoms with van der Waals surface area (Å²) in [6.07, 6.45) is 0. The predicted molar refractivity (Wildman–Crippen MR) is 120 cm³/mol. The molecule has 12 heteroatoms. The summed E-state index contributed by atoms with van der Waals surface area (Å²) in [6.45, 7) is 5.82. The second kappa shape index (κ2) is 8.64. The number of halogens is 2. The molecule has 2 aromatic carbocycles. The summed E-state index contributed by atoms with van der Waals surface area (Å²) < 4.78 is 54.4. The van der Waals surface area contributed by atoms with Crippen molar-refractivity contribution in [2.45, 2.75) is 44.6 Å². The van der Waals surface area contributed by atoms with E-state index in [9.17, 15) is 22.4 Å². The minimum Gasteiger partial charge on any atom is -0.476 e. The molecule has 0 fully saturated rings. The van der Waals surface area contributed by atoms with Crippen molar-refractivity contribution in [1.82, 2.24) is 14.5 Å². The molecule has 180 valence electrons. The number of hydrogen-bond acceptors (Lipinski definition) is 7. The van der Waals surface area contributed by atoms with Crippen molar-refractivity contribution in [3.05, 3.63) is 73.8 Å². The zero-order chi connectivity index (χ0) is 24.9. The second-order valence-corrected chi connectivity index (χ2v) is 10.4. The Morgan fingerprint density at radius 3 is 2.62 bits per heavy atom. The van der Waals surface area contributed by atoms with Crippen LogP contribution in [-0.2, 0) is 10.0 Å². The monoisotopic (exact) mass is 509 g/mol. The molecule has 0 bridgehead atoms. The van der Waals surface area contributed by atoms with Crippen LogP contribution in [-0.4, -0.2) is 35.4 Å². The molecule has 3 aromatic rings. The van der Waals surface area contributed by atoms with Crippen molar-refractivity contribution in [3.63, 3.8) is 0 Å². The molecule has 0 unspecified atom stereocenters. The molecule has 2 heterocycles. The number of sulfonamides is 1. The van der Waals surface area contributed by atoms with Gasteiger partial charge in [-0.25, -0.2) is 22.7 Å². The number of carbonyl (C=O) groups excluding carboxylic acids is 1. The van der Waals surface area contributed by atoms with E-state index in [0.29, 0.717) is 5.56 Å². The summed E-state index contributed by atoms with van der Waals surface area (Å²) in [5.41, 5.74) is 1.49. The van der Waals surface area contributed by atoms with Crippen LogP contribution in [0, 0.1) is 19.7 Å². The Morgan fingerprint density at radius 1 is 1.29 bits per heavy atom. The number of rotatable bonds is 5. The molecular weight excluding hydrogens is 489 g/mol. The number of aromatic nitrogens is 2. The number of nitrogens with one attached hydrogen (secondary N) is 1. The van der Waals surface area contributed by atoms with Crippen molar-refractivity contribution in [1.29, 1.82) is 0 Å². The highest BCUT2D eigenvalue weighted by Gasteiger charge is 2.46. The standard InChI is InChI=1S/C22H21ClFN3O6S/c1-10-5-6-16(24)18(11(10)2)12(3)19(21-25-26-22(29)33-21)27-9-32-17-8-14(23)7-15(13(4)28)20(17)34(27,30)31/h5-8,12,19H,9H2,1-4H3,(H,26,29)/t12-,19-/m0/s1. The number of hydrogen-bond donors (Lipinski definition) is 1. The number of aryl methyl sites for hydroxylation is 1. The Labute approximate surface area is 199 Å². The molecule has 2 atom stereocenters. The zero-order valence-corrected chi connectivity index (χ0v) is 20.3. The number of ether oxygens (including phenoxy) is 1. The van der Waals surface area contributed by atoms with Gasteiger partial charge in [-0.05, 0) is 49.6 Å². The SMILES string of the molecule is CC(=O)c1cc(Cl)cc2c1S(=O)(=O)N([C@H](c1n[nH]c(=O)o1)[C@@H](C)c1c(F)ccc(C)c1C)CO2. The van der Waals surface area contributed by atoms with Crippen LogP contribution >= 0.6 is 11.6 Å². The smallest absolute Gasteiger partial charge is 0.434 e. The van der Waals surface area contributed by atoms with Gasteiger partial charge in [0.1, 0.15) is 22.5 Å². The summed E-state index contributed by atoms with van der Waals surface area (Å²) in [6, 6.07) is 4.17. The van der Waals surface area contributed by atoms with E-state index >= 15 is 0 Å². The third kappa shape index (κ3) is 3.93. The molecule has 4 rings (SSSR count). The van der Waals surface area contributed by atoms with Gasteiger partial charge in [0.05, 0.1) is 0 Å². The maximum Gasteiger partial charge on any atom is 0.434 e. The predicted octanol–water partition coefficient (Wildman–Crippen LogP) is 3.86. The van der Waals surface area contributed by atoms with Gasteiger partial charge in [0.25, 0.3) is 10.0 Å². The van der Waals surface area contributed by atoms with Crippen LogP contribution in [0.15, 0.2) is 38.4 Å². The molecule has 1 N–H and O–H groups in total. The molecule has 1 aliphatic heterocycles. The van der Waals surface area contributed by atoms with Crippen LogP contribution in [0.25, 0.3) is 0 Å². The summed E-state index contributed by atoms with van der Waals surface area (Å²) in [7, 11) is -4.41. The molecule has 0 spiro atoms. The molecule has 1 aromatic heterocycles. The van der Waals surface area contributed by atoms with Crippen molar-refractivity contribution in [2.75, 3.05) is 6.73 Å². The first-order valence-electron chi connectivity index (χ1n) is 10.2. The summed E-state index contributed by atoms with van der Waals surface area (Å²) >= 11 is 6.05. The Kier molecular flexibility index (Phi) is 6.13. The highest BCUT2D eigenvalue weighted by Crippen LogP contribution is 2.45. The van der Waals surface area contributed by atoms with Crippen molar-refractivity contribution < 1.29 is 26.8 Å². The van der Waals surface area contributed by atoms with Gasteiger partial charge in [-0.15, -0.1) is 9.40 Å². The van der Waals surface area contributed by atoms with Gasteiger partial charge in [0.15, 0.2) is 12.5 Å². The van der Waals surface area contributed by atoms with E-state index in [4.69, 9.17) is 20.8 Å². The Balaban J connectivity index is 1.94. The highest BCUT2D eigenvalue weighted by molar-refractivity contribution is 7.89. The second-order valence-electron chi connectivity index (χ2n) is 8.09. The molecule has 1 aliphatic rings. The minimum atomic E-state index is -4.41. The van der Waals surface area contributed by atoms with E-state index in [-0.39, 0.29) is 32.7 Å². The average molecular weight is 510 g/mol. The van der Waals surface area contributed by atoms with Crippen LogP contribution in [0.5, 0.6) is 5.75 Å². The van der Waals surface area contributed by atoms with E-state index in [0.717, 1.165) is 9.87 Å². The number of Topliss-reactive ketones (excluding diaryl/α,β-unsaturated/α-hetero) is 1. The molecule has 9 nitrogen and oxygen atoms in total. The van der Waals surface area contributed by atoms with Crippen LogP contribution in [0.1, 0.15) is 58.7 Å². The van der Waals surface area contributed by atoms with Gasteiger partial charge in [-0.2, -0.15) is 0 Å².